The highest BCUT2D eigenvalue weighted by Gasteiger charge is 2.47. The molecule has 1 unspecified atom stereocenters. The lowest BCUT2D eigenvalue weighted by atomic mass is 9.91. The van der Waals surface area contributed by atoms with Gasteiger partial charge in [-0.25, -0.2) is 0 Å². The van der Waals surface area contributed by atoms with E-state index in [0.717, 1.165) is 6.42 Å². The smallest absolute Gasteiger partial charge is 0.0895 e. The zero-order valence-corrected chi connectivity index (χ0v) is 12.6. The second-order valence-electron chi connectivity index (χ2n) is 7.06. The van der Waals surface area contributed by atoms with Crippen molar-refractivity contribution in [3.05, 3.63) is 0 Å². The van der Waals surface area contributed by atoms with Crippen LogP contribution in [0.15, 0.2) is 0 Å². The summed E-state index contributed by atoms with van der Waals surface area (Å²) in [5.74, 6) is 0. The summed E-state index contributed by atoms with van der Waals surface area (Å²) in [6.45, 7) is 8.64. The first kappa shape index (κ1) is 14.3. The monoisotopic (exact) mass is 255 g/mol. The van der Waals surface area contributed by atoms with E-state index in [1.54, 1.807) is 0 Å². The zero-order chi connectivity index (χ0) is 13.4. The Morgan fingerprint density at radius 2 is 1.67 bits per heavy atom. The van der Waals surface area contributed by atoms with Crippen molar-refractivity contribution in [3.63, 3.8) is 0 Å². The maximum absolute atomic E-state index is 6.34. The van der Waals surface area contributed by atoms with Crippen LogP contribution in [0.3, 0.4) is 0 Å². The van der Waals surface area contributed by atoms with Gasteiger partial charge in [-0.1, -0.05) is 0 Å². The van der Waals surface area contributed by atoms with Gasteiger partial charge in [0.2, 0.25) is 0 Å². The first-order valence-electron chi connectivity index (χ1n) is 7.35. The van der Waals surface area contributed by atoms with Gasteiger partial charge in [-0.05, 0) is 60.4 Å². The molecule has 1 atom stereocenters. The van der Waals surface area contributed by atoms with Crippen LogP contribution in [0.5, 0.6) is 0 Å². The number of rotatable bonds is 3. The zero-order valence-electron chi connectivity index (χ0n) is 12.6. The quantitative estimate of drug-likeness (QED) is 0.841. The summed E-state index contributed by atoms with van der Waals surface area (Å²) in [4.78, 5) is 0. The summed E-state index contributed by atoms with van der Waals surface area (Å²) >= 11 is 0. The number of nitrogens with one attached hydrogen (secondary N) is 1. The van der Waals surface area contributed by atoms with Gasteiger partial charge in [0, 0.05) is 12.5 Å². The van der Waals surface area contributed by atoms with Crippen LogP contribution in [0.25, 0.3) is 0 Å². The highest BCUT2D eigenvalue weighted by atomic mass is 16.6. The van der Waals surface area contributed by atoms with Crippen LogP contribution in [0.4, 0.5) is 0 Å². The van der Waals surface area contributed by atoms with Crippen molar-refractivity contribution in [2.45, 2.75) is 89.3 Å². The lowest BCUT2D eigenvalue weighted by Crippen LogP contribution is -2.40. The summed E-state index contributed by atoms with van der Waals surface area (Å²) in [5.41, 5.74) is -0.195. The van der Waals surface area contributed by atoms with E-state index in [4.69, 9.17) is 9.47 Å². The van der Waals surface area contributed by atoms with E-state index in [2.05, 4.69) is 40.1 Å². The fourth-order valence-corrected chi connectivity index (χ4v) is 3.44. The third-order valence-electron chi connectivity index (χ3n) is 4.43. The van der Waals surface area contributed by atoms with E-state index in [1.165, 1.54) is 25.7 Å². The van der Waals surface area contributed by atoms with Gasteiger partial charge in [0.25, 0.3) is 0 Å². The standard InChI is InChI=1S/C15H29NO2/c1-14(2)10-13(15(3,4)18-14)17-12-8-6-11(16-5)7-9-12/h11-13,16H,6-10H2,1-5H3. The largest absolute Gasteiger partial charge is 0.372 e. The van der Waals surface area contributed by atoms with Crippen molar-refractivity contribution in [1.29, 1.82) is 0 Å². The number of hydrogen-bond donors (Lipinski definition) is 1. The average molecular weight is 255 g/mol. The molecule has 0 spiro atoms. The van der Waals surface area contributed by atoms with Gasteiger partial charge in [-0.2, -0.15) is 0 Å². The molecule has 0 aromatic rings. The van der Waals surface area contributed by atoms with Crippen molar-refractivity contribution in [2.75, 3.05) is 7.05 Å². The minimum Gasteiger partial charge on any atom is -0.372 e. The van der Waals surface area contributed by atoms with Crippen molar-refractivity contribution >= 4 is 0 Å². The highest BCUT2D eigenvalue weighted by molar-refractivity contribution is 4.96. The molecular formula is C15H29NO2. The molecule has 3 nitrogen and oxygen atoms in total. The Kier molecular flexibility index (Phi) is 4.05. The van der Waals surface area contributed by atoms with E-state index in [9.17, 15) is 0 Å². The predicted molar refractivity (Wildman–Crippen MR) is 73.8 cm³/mol. The van der Waals surface area contributed by atoms with Crippen LogP contribution >= 0.6 is 0 Å². The molecule has 0 aromatic heterocycles. The first-order valence-corrected chi connectivity index (χ1v) is 7.35. The highest BCUT2D eigenvalue weighted by Crippen LogP contribution is 2.40. The summed E-state index contributed by atoms with van der Waals surface area (Å²) in [7, 11) is 2.06. The fraction of sp³-hybridized carbons (Fsp3) is 1.00. The van der Waals surface area contributed by atoms with Crippen molar-refractivity contribution < 1.29 is 9.47 Å². The molecule has 1 aliphatic carbocycles. The second-order valence-corrected chi connectivity index (χ2v) is 7.06. The Balaban J connectivity index is 1.87. The molecule has 1 saturated heterocycles. The van der Waals surface area contributed by atoms with Gasteiger partial charge >= 0.3 is 0 Å². The van der Waals surface area contributed by atoms with E-state index >= 15 is 0 Å². The summed E-state index contributed by atoms with van der Waals surface area (Å²) in [6.07, 6.45) is 6.50. The molecule has 1 N–H and O–H groups in total. The number of ether oxygens (including phenoxy) is 2. The Labute approximate surface area is 112 Å². The van der Waals surface area contributed by atoms with Gasteiger partial charge in [0.1, 0.15) is 0 Å². The molecule has 0 bridgehead atoms. The van der Waals surface area contributed by atoms with Crippen LogP contribution in [-0.2, 0) is 9.47 Å². The SMILES string of the molecule is CNC1CCC(OC2CC(C)(C)OC2(C)C)CC1. The molecule has 3 heteroatoms. The Hall–Kier alpha value is -0.120. The predicted octanol–water partition coefficient (Wildman–Crippen LogP) is 2.88. The minimum atomic E-state index is -0.149. The maximum Gasteiger partial charge on any atom is 0.0895 e. The van der Waals surface area contributed by atoms with E-state index in [0.29, 0.717) is 12.1 Å². The van der Waals surface area contributed by atoms with Crippen LogP contribution in [0, 0.1) is 0 Å². The summed E-state index contributed by atoms with van der Waals surface area (Å²) in [5, 5.41) is 3.37. The maximum atomic E-state index is 6.34. The van der Waals surface area contributed by atoms with Crippen LogP contribution < -0.4 is 5.32 Å². The Morgan fingerprint density at radius 3 is 2.11 bits per heavy atom. The second kappa shape index (κ2) is 5.10. The first-order chi connectivity index (χ1) is 8.32. The van der Waals surface area contributed by atoms with Crippen molar-refractivity contribution in [2.24, 2.45) is 0 Å². The van der Waals surface area contributed by atoms with E-state index in [1.807, 2.05) is 0 Å². The van der Waals surface area contributed by atoms with Gasteiger partial charge in [0.05, 0.1) is 23.4 Å². The fourth-order valence-electron chi connectivity index (χ4n) is 3.44. The molecule has 18 heavy (non-hydrogen) atoms. The minimum absolute atomic E-state index is 0.0453. The molecule has 2 aliphatic rings. The van der Waals surface area contributed by atoms with Crippen molar-refractivity contribution in [1.82, 2.24) is 5.32 Å². The molecule has 0 amide bonds. The van der Waals surface area contributed by atoms with Crippen LogP contribution in [0.2, 0.25) is 0 Å². The molecule has 2 rings (SSSR count). The third kappa shape index (κ3) is 3.25. The topological polar surface area (TPSA) is 30.5 Å². The molecule has 0 radical (unpaired) electrons. The summed E-state index contributed by atoms with van der Waals surface area (Å²) in [6, 6.07) is 0.689. The van der Waals surface area contributed by atoms with E-state index in [-0.39, 0.29) is 17.3 Å². The number of hydrogen-bond acceptors (Lipinski definition) is 3. The van der Waals surface area contributed by atoms with Gasteiger partial charge in [0.15, 0.2) is 0 Å². The Bertz CT molecular complexity index is 280. The Morgan fingerprint density at radius 1 is 1.06 bits per heavy atom. The van der Waals surface area contributed by atoms with Gasteiger partial charge < -0.3 is 14.8 Å². The molecule has 106 valence electrons. The van der Waals surface area contributed by atoms with Crippen molar-refractivity contribution in [3.8, 4) is 0 Å². The van der Waals surface area contributed by atoms with Crippen LogP contribution in [0.1, 0.15) is 59.8 Å². The lowest BCUT2D eigenvalue weighted by molar-refractivity contribution is -0.123. The average Bonchev–Trinajstić information content (AvgIpc) is 2.48. The van der Waals surface area contributed by atoms with E-state index < -0.39 is 0 Å². The molecule has 2 fully saturated rings. The van der Waals surface area contributed by atoms with Crippen LogP contribution in [-0.4, -0.2) is 36.5 Å². The molecule has 1 saturated carbocycles. The third-order valence-corrected chi connectivity index (χ3v) is 4.43. The molecular weight excluding hydrogens is 226 g/mol. The lowest BCUT2D eigenvalue weighted by Gasteiger charge is -2.34. The molecule has 0 aromatic carbocycles. The molecule has 1 aliphatic heterocycles. The normalized spacial score (nSPS) is 38.8. The summed E-state index contributed by atoms with van der Waals surface area (Å²) < 4.78 is 12.4. The molecule has 1 heterocycles. The van der Waals surface area contributed by atoms with Gasteiger partial charge in [-0.3, -0.25) is 0 Å². The van der Waals surface area contributed by atoms with Gasteiger partial charge in [-0.15, -0.1) is 0 Å².